The van der Waals surface area contributed by atoms with Crippen LogP contribution in [0.3, 0.4) is 0 Å². The summed E-state index contributed by atoms with van der Waals surface area (Å²) in [4.78, 5) is 4.43. The van der Waals surface area contributed by atoms with Crippen LogP contribution in [0.25, 0.3) is 5.82 Å². The Balaban J connectivity index is 2.38. The van der Waals surface area contributed by atoms with Crippen LogP contribution in [-0.2, 0) is 19.3 Å². The summed E-state index contributed by atoms with van der Waals surface area (Å²) < 4.78 is 2.01. The third-order valence-electron chi connectivity index (χ3n) is 3.51. The highest BCUT2D eigenvalue weighted by atomic mass is 15.3. The van der Waals surface area contributed by atoms with Crippen molar-refractivity contribution in [3.8, 4) is 5.82 Å². The molecule has 4 nitrogen and oxygen atoms in total. The highest BCUT2D eigenvalue weighted by Crippen LogP contribution is 2.19. The van der Waals surface area contributed by atoms with Crippen molar-refractivity contribution >= 4 is 0 Å². The lowest BCUT2D eigenvalue weighted by atomic mass is 10.1. The lowest BCUT2D eigenvalue weighted by Crippen LogP contribution is -2.17. The zero-order valence-corrected chi connectivity index (χ0v) is 12.7. The monoisotopic (exact) mass is 272 g/mol. The van der Waals surface area contributed by atoms with Crippen LogP contribution in [0, 0.1) is 0 Å². The summed E-state index contributed by atoms with van der Waals surface area (Å²) in [5.41, 5.74) is 3.88. The van der Waals surface area contributed by atoms with Gasteiger partial charge in [0.1, 0.15) is 0 Å². The second-order valence-electron chi connectivity index (χ2n) is 4.78. The second-order valence-corrected chi connectivity index (χ2v) is 4.78. The van der Waals surface area contributed by atoms with Gasteiger partial charge in [-0.05, 0) is 50.0 Å². The van der Waals surface area contributed by atoms with E-state index in [1.54, 1.807) is 0 Å². The first-order valence-electron chi connectivity index (χ1n) is 7.53. The lowest BCUT2D eigenvalue weighted by Gasteiger charge is -2.07. The smallest absolute Gasteiger partial charge is 0.153 e. The number of nitrogens with one attached hydrogen (secondary N) is 1. The molecule has 0 unspecified atom stereocenters. The summed E-state index contributed by atoms with van der Waals surface area (Å²) in [5, 5.41) is 8.17. The van der Waals surface area contributed by atoms with Crippen LogP contribution in [-0.4, -0.2) is 27.9 Å². The van der Waals surface area contributed by atoms with Crippen molar-refractivity contribution in [3.05, 3.63) is 41.3 Å². The molecule has 2 aromatic rings. The lowest BCUT2D eigenvalue weighted by molar-refractivity contribution is 0.708. The first kappa shape index (κ1) is 14.7. The van der Waals surface area contributed by atoms with Crippen LogP contribution in [0.1, 0.15) is 37.7 Å². The zero-order valence-electron chi connectivity index (χ0n) is 12.7. The van der Waals surface area contributed by atoms with Crippen LogP contribution in [0.2, 0.25) is 0 Å². The summed E-state index contributed by atoms with van der Waals surface area (Å²) >= 11 is 0. The zero-order chi connectivity index (χ0) is 14.4. The highest BCUT2D eigenvalue weighted by molar-refractivity contribution is 5.34. The number of aromatic nitrogens is 3. The maximum absolute atomic E-state index is 4.77. The summed E-state index contributed by atoms with van der Waals surface area (Å²) in [6.45, 7) is 8.51. The number of rotatable bonds is 7. The van der Waals surface area contributed by atoms with Gasteiger partial charge in [-0.3, -0.25) is 0 Å². The molecular formula is C16H24N4. The van der Waals surface area contributed by atoms with Gasteiger partial charge in [-0.25, -0.2) is 9.67 Å². The number of likely N-dealkylation sites (N-methyl/N-ethyl adjacent to an activating group) is 1. The van der Waals surface area contributed by atoms with Crippen LogP contribution >= 0.6 is 0 Å². The Kier molecular flexibility index (Phi) is 5.30. The van der Waals surface area contributed by atoms with Gasteiger partial charge in [0.2, 0.25) is 0 Å². The van der Waals surface area contributed by atoms with Crippen molar-refractivity contribution in [3.63, 3.8) is 0 Å². The fourth-order valence-electron chi connectivity index (χ4n) is 2.53. The van der Waals surface area contributed by atoms with Crippen molar-refractivity contribution in [1.29, 1.82) is 0 Å². The Morgan fingerprint density at radius 3 is 2.60 bits per heavy atom. The van der Waals surface area contributed by atoms with E-state index in [0.29, 0.717) is 0 Å². The molecule has 2 aromatic heterocycles. The number of pyridine rings is 1. The fraction of sp³-hybridized carbons (Fsp3) is 0.500. The molecule has 0 bridgehead atoms. The molecule has 2 heterocycles. The SMILES string of the molecule is CCNCCc1c(CC)nn(-c2ccccn2)c1CC. The van der Waals surface area contributed by atoms with Gasteiger partial charge >= 0.3 is 0 Å². The molecule has 108 valence electrons. The molecule has 0 aliphatic rings. The Labute approximate surface area is 121 Å². The van der Waals surface area contributed by atoms with Crippen LogP contribution in [0.5, 0.6) is 0 Å². The normalized spacial score (nSPS) is 10.9. The summed E-state index contributed by atoms with van der Waals surface area (Å²) in [7, 11) is 0. The average Bonchev–Trinajstić information content (AvgIpc) is 2.86. The van der Waals surface area contributed by atoms with Gasteiger partial charge in [-0.2, -0.15) is 5.10 Å². The molecule has 0 aliphatic carbocycles. The van der Waals surface area contributed by atoms with E-state index >= 15 is 0 Å². The predicted molar refractivity (Wildman–Crippen MR) is 82.4 cm³/mol. The largest absolute Gasteiger partial charge is 0.317 e. The van der Waals surface area contributed by atoms with E-state index in [0.717, 1.165) is 38.2 Å². The topological polar surface area (TPSA) is 42.7 Å². The minimum atomic E-state index is 0.911. The minimum Gasteiger partial charge on any atom is -0.317 e. The molecule has 0 radical (unpaired) electrons. The van der Waals surface area contributed by atoms with Crippen molar-refractivity contribution in [2.24, 2.45) is 0 Å². The number of aryl methyl sites for hydroxylation is 1. The first-order valence-corrected chi connectivity index (χ1v) is 7.53. The molecule has 0 aliphatic heterocycles. The molecule has 0 spiro atoms. The molecule has 20 heavy (non-hydrogen) atoms. The van der Waals surface area contributed by atoms with Gasteiger partial charge in [0.25, 0.3) is 0 Å². The Hall–Kier alpha value is -1.68. The van der Waals surface area contributed by atoms with Crippen molar-refractivity contribution < 1.29 is 0 Å². The van der Waals surface area contributed by atoms with Gasteiger partial charge in [0.15, 0.2) is 5.82 Å². The third kappa shape index (κ3) is 3.07. The molecule has 0 saturated carbocycles. The molecule has 0 fully saturated rings. The number of nitrogens with zero attached hydrogens (tertiary/aromatic N) is 3. The van der Waals surface area contributed by atoms with Crippen LogP contribution < -0.4 is 5.32 Å². The second kappa shape index (κ2) is 7.20. The maximum Gasteiger partial charge on any atom is 0.153 e. The number of hydrogen-bond donors (Lipinski definition) is 1. The van der Waals surface area contributed by atoms with Gasteiger partial charge in [-0.1, -0.05) is 26.8 Å². The van der Waals surface area contributed by atoms with E-state index in [-0.39, 0.29) is 0 Å². The van der Waals surface area contributed by atoms with E-state index in [9.17, 15) is 0 Å². The standard InChI is InChI=1S/C16H24N4/c1-4-14-13(10-12-17-6-3)15(5-2)20(19-14)16-9-7-8-11-18-16/h7-9,11,17H,4-6,10,12H2,1-3H3. The van der Waals surface area contributed by atoms with E-state index in [1.165, 1.54) is 17.0 Å². The Bertz CT molecular complexity index is 531. The minimum absolute atomic E-state index is 0.911. The summed E-state index contributed by atoms with van der Waals surface area (Å²) in [5.74, 6) is 0.911. The quantitative estimate of drug-likeness (QED) is 0.788. The summed E-state index contributed by atoms with van der Waals surface area (Å²) in [6, 6.07) is 5.96. The summed E-state index contributed by atoms with van der Waals surface area (Å²) in [6.07, 6.45) is 4.80. The maximum atomic E-state index is 4.77. The van der Waals surface area contributed by atoms with Crippen LogP contribution in [0.15, 0.2) is 24.4 Å². The van der Waals surface area contributed by atoms with E-state index in [2.05, 4.69) is 31.1 Å². The third-order valence-corrected chi connectivity index (χ3v) is 3.51. The predicted octanol–water partition coefficient (Wildman–Crippen LogP) is 2.54. The molecule has 0 aromatic carbocycles. The molecular weight excluding hydrogens is 248 g/mol. The van der Waals surface area contributed by atoms with Gasteiger partial charge in [0.05, 0.1) is 5.69 Å². The Morgan fingerprint density at radius 1 is 1.15 bits per heavy atom. The van der Waals surface area contributed by atoms with Gasteiger partial charge in [-0.15, -0.1) is 0 Å². The van der Waals surface area contributed by atoms with Gasteiger partial charge < -0.3 is 5.32 Å². The van der Waals surface area contributed by atoms with Crippen molar-refractivity contribution in [2.45, 2.75) is 40.0 Å². The Morgan fingerprint density at radius 2 is 2.00 bits per heavy atom. The van der Waals surface area contributed by atoms with Crippen LogP contribution in [0.4, 0.5) is 0 Å². The molecule has 4 heteroatoms. The molecule has 2 rings (SSSR count). The van der Waals surface area contributed by atoms with Gasteiger partial charge in [0, 0.05) is 11.9 Å². The first-order chi connectivity index (χ1) is 9.81. The molecule has 0 atom stereocenters. The fourth-order valence-corrected chi connectivity index (χ4v) is 2.53. The van der Waals surface area contributed by atoms with E-state index in [1.807, 2.05) is 29.1 Å². The molecule has 1 N–H and O–H groups in total. The average molecular weight is 272 g/mol. The van der Waals surface area contributed by atoms with E-state index < -0.39 is 0 Å². The van der Waals surface area contributed by atoms with Crippen molar-refractivity contribution in [2.75, 3.05) is 13.1 Å². The molecule has 0 saturated heterocycles. The number of hydrogen-bond acceptors (Lipinski definition) is 3. The highest BCUT2D eigenvalue weighted by Gasteiger charge is 2.16. The molecule has 0 amide bonds. The van der Waals surface area contributed by atoms with Crippen molar-refractivity contribution in [1.82, 2.24) is 20.1 Å². The van der Waals surface area contributed by atoms with E-state index in [4.69, 9.17) is 5.10 Å².